The fourth-order valence-corrected chi connectivity index (χ4v) is 4.62. The third-order valence-electron chi connectivity index (χ3n) is 5.33. The number of carbonyl (C=O) groups excluding carboxylic acids is 1. The quantitative estimate of drug-likeness (QED) is 0.543. The van der Waals surface area contributed by atoms with Crippen LogP contribution in [0.25, 0.3) is 0 Å². The molecule has 1 saturated carbocycles. The van der Waals surface area contributed by atoms with Crippen LogP contribution in [-0.4, -0.2) is 50.6 Å². The lowest BCUT2D eigenvalue weighted by atomic mass is 9.99. The van der Waals surface area contributed by atoms with Crippen LogP contribution < -0.4 is 10.5 Å². The molecule has 2 aliphatic rings. The summed E-state index contributed by atoms with van der Waals surface area (Å²) in [6.45, 7) is 2.04. The first-order chi connectivity index (χ1) is 13.9. The standard InChI is InChI=1S/C19H22ClN3O5S/c1-22-19(25)14(16(21-22)11-2-3-11)18(24)13-5-4-12(10-29(26)27)17(15(13)20)23-6-8-28-9-7-23/h4-5,11,21H,2-3,6-10H2,1H3,(H,26,27)/p-1. The van der Waals surface area contributed by atoms with Crippen LogP contribution in [0.2, 0.25) is 5.02 Å². The average Bonchev–Trinajstić information content (AvgIpc) is 3.48. The molecule has 0 amide bonds. The number of H-pyrrole nitrogens is 1. The Kier molecular flexibility index (Phi) is 5.65. The number of nitrogens with zero attached hydrogens (tertiary/aromatic N) is 2. The molecule has 0 spiro atoms. The second kappa shape index (κ2) is 8.06. The van der Waals surface area contributed by atoms with Crippen molar-refractivity contribution in [2.75, 3.05) is 31.2 Å². The number of carbonyl (C=O) groups is 1. The number of ketones is 1. The van der Waals surface area contributed by atoms with Gasteiger partial charge in [-0.1, -0.05) is 28.7 Å². The lowest BCUT2D eigenvalue weighted by Crippen LogP contribution is -2.37. The van der Waals surface area contributed by atoms with Crippen molar-refractivity contribution in [3.8, 4) is 0 Å². The molecule has 4 rings (SSSR count). The Labute approximate surface area is 175 Å². The molecule has 1 atom stereocenters. The van der Waals surface area contributed by atoms with Gasteiger partial charge in [-0.3, -0.25) is 23.6 Å². The van der Waals surface area contributed by atoms with Crippen LogP contribution in [0, 0.1) is 0 Å². The predicted molar refractivity (Wildman–Crippen MR) is 109 cm³/mol. The fourth-order valence-electron chi connectivity index (χ4n) is 3.74. The maximum absolute atomic E-state index is 13.3. The zero-order chi connectivity index (χ0) is 20.7. The fraction of sp³-hybridized carbons (Fsp3) is 0.474. The minimum absolute atomic E-state index is 0.116. The van der Waals surface area contributed by atoms with Crippen molar-refractivity contribution < 1.29 is 18.3 Å². The summed E-state index contributed by atoms with van der Waals surface area (Å²) in [6, 6.07) is 3.12. The van der Waals surface area contributed by atoms with Gasteiger partial charge in [-0.2, -0.15) is 0 Å². The van der Waals surface area contributed by atoms with E-state index < -0.39 is 16.9 Å². The van der Waals surface area contributed by atoms with E-state index in [1.807, 2.05) is 4.90 Å². The number of ether oxygens (including phenoxy) is 1. The van der Waals surface area contributed by atoms with Crippen molar-refractivity contribution in [3.05, 3.63) is 49.9 Å². The normalized spacial score (nSPS) is 18.1. The first-order valence-corrected chi connectivity index (χ1v) is 11.0. The summed E-state index contributed by atoms with van der Waals surface area (Å²) >= 11 is 4.35. The third-order valence-corrected chi connectivity index (χ3v) is 6.26. The smallest absolute Gasteiger partial charge is 0.277 e. The zero-order valence-corrected chi connectivity index (χ0v) is 17.5. The molecule has 0 bridgehead atoms. The molecule has 8 nitrogen and oxygen atoms in total. The molecular formula is C19H21ClN3O5S-. The summed E-state index contributed by atoms with van der Waals surface area (Å²) in [5.41, 5.74) is 1.62. The van der Waals surface area contributed by atoms with Gasteiger partial charge in [0, 0.05) is 37.4 Å². The number of benzene rings is 1. The Balaban J connectivity index is 1.81. The van der Waals surface area contributed by atoms with E-state index in [0.717, 1.165) is 12.8 Å². The van der Waals surface area contributed by atoms with E-state index in [-0.39, 0.29) is 33.4 Å². The van der Waals surface area contributed by atoms with Crippen LogP contribution >= 0.6 is 11.6 Å². The average molecular weight is 439 g/mol. The van der Waals surface area contributed by atoms with Gasteiger partial charge >= 0.3 is 0 Å². The molecule has 2 heterocycles. The summed E-state index contributed by atoms with van der Waals surface area (Å²) in [6.07, 6.45) is 1.86. The van der Waals surface area contributed by atoms with Crippen LogP contribution in [0.3, 0.4) is 0 Å². The topological polar surface area (TPSA) is 107 Å². The van der Waals surface area contributed by atoms with Gasteiger partial charge in [-0.15, -0.1) is 0 Å². The number of aromatic amines is 1. The Bertz CT molecular complexity index is 1040. The van der Waals surface area contributed by atoms with Crippen LogP contribution in [0.4, 0.5) is 5.69 Å². The highest BCUT2D eigenvalue weighted by Crippen LogP contribution is 2.41. The summed E-state index contributed by atoms with van der Waals surface area (Å²) in [7, 11) is 1.58. The minimum atomic E-state index is -2.30. The van der Waals surface area contributed by atoms with Crippen molar-refractivity contribution >= 4 is 34.2 Å². The number of morpholine rings is 1. The molecule has 1 saturated heterocycles. The summed E-state index contributed by atoms with van der Waals surface area (Å²) in [4.78, 5) is 27.9. The number of rotatable bonds is 6. The molecule has 10 heteroatoms. The molecule has 1 aromatic heterocycles. The summed E-state index contributed by atoms with van der Waals surface area (Å²) < 4.78 is 29.3. The van der Waals surface area contributed by atoms with Gasteiger partial charge in [-0.05, 0) is 24.5 Å². The molecule has 0 radical (unpaired) electrons. The molecule has 1 aromatic carbocycles. The van der Waals surface area contributed by atoms with Gasteiger partial charge in [0.05, 0.1) is 29.6 Å². The summed E-state index contributed by atoms with van der Waals surface area (Å²) in [5, 5.41) is 3.16. The van der Waals surface area contributed by atoms with E-state index in [2.05, 4.69) is 5.10 Å². The molecule has 29 heavy (non-hydrogen) atoms. The van der Waals surface area contributed by atoms with Crippen molar-refractivity contribution in [2.24, 2.45) is 7.05 Å². The van der Waals surface area contributed by atoms with Crippen LogP contribution in [-0.2, 0) is 28.6 Å². The third kappa shape index (κ3) is 3.92. The van der Waals surface area contributed by atoms with Crippen LogP contribution in [0.15, 0.2) is 16.9 Å². The Hall–Kier alpha value is -1.94. The van der Waals surface area contributed by atoms with Gasteiger partial charge in [0.15, 0.2) is 0 Å². The second-order valence-electron chi connectivity index (χ2n) is 7.35. The largest absolute Gasteiger partial charge is 0.772 e. The van der Waals surface area contributed by atoms with E-state index in [4.69, 9.17) is 16.3 Å². The number of aryl methyl sites for hydroxylation is 1. The number of hydrogen-bond donors (Lipinski definition) is 1. The Morgan fingerprint density at radius 2 is 2.03 bits per heavy atom. The number of halogens is 1. The van der Waals surface area contributed by atoms with Crippen LogP contribution in [0.1, 0.15) is 45.9 Å². The molecule has 1 aliphatic carbocycles. The number of aromatic nitrogens is 2. The van der Waals surface area contributed by atoms with Gasteiger partial charge in [0.25, 0.3) is 5.56 Å². The molecule has 1 N–H and O–H groups in total. The minimum Gasteiger partial charge on any atom is -0.772 e. The number of hydrogen-bond acceptors (Lipinski definition) is 6. The Morgan fingerprint density at radius 1 is 1.34 bits per heavy atom. The van der Waals surface area contributed by atoms with E-state index in [9.17, 15) is 18.4 Å². The van der Waals surface area contributed by atoms with Crippen LogP contribution in [0.5, 0.6) is 0 Å². The molecule has 1 unspecified atom stereocenters. The zero-order valence-electron chi connectivity index (χ0n) is 15.9. The predicted octanol–water partition coefficient (Wildman–Crippen LogP) is 1.69. The van der Waals surface area contributed by atoms with Gasteiger partial charge in [0.2, 0.25) is 5.78 Å². The number of anilines is 1. The maximum Gasteiger partial charge on any atom is 0.277 e. The molecule has 2 fully saturated rings. The van der Waals surface area contributed by atoms with Crippen molar-refractivity contribution in [1.29, 1.82) is 0 Å². The second-order valence-corrected chi connectivity index (χ2v) is 8.62. The summed E-state index contributed by atoms with van der Waals surface area (Å²) in [5.74, 6) is -0.467. The lowest BCUT2D eigenvalue weighted by Gasteiger charge is -2.32. The highest BCUT2D eigenvalue weighted by molar-refractivity contribution is 7.78. The highest BCUT2D eigenvalue weighted by Gasteiger charge is 2.34. The van der Waals surface area contributed by atoms with E-state index in [1.165, 1.54) is 10.7 Å². The lowest BCUT2D eigenvalue weighted by molar-refractivity contribution is 0.103. The first-order valence-electron chi connectivity index (χ1n) is 9.42. The maximum atomic E-state index is 13.3. The van der Waals surface area contributed by atoms with Gasteiger partial charge in [-0.25, -0.2) is 0 Å². The SMILES string of the molecule is Cn1[nH]c(C2CC2)c(C(=O)c2ccc(CS(=O)[O-])c(N3CCOCC3)c2Cl)c1=O. The molecule has 2 aromatic rings. The van der Waals surface area contributed by atoms with Crippen molar-refractivity contribution in [1.82, 2.24) is 9.78 Å². The van der Waals surface area contributed by atoms with Gasteiger partial charge < -0.3 is 14.2 Å². The highest BCUT2D eigenvalue weighted by atomic mass is 35.5. The molecular weight excluding hydrogens is 418 g/mol. The van der Waals surface area contributed by atoms with Crippen molar-refractivity contribution in [3.63, 3.8) is 0 Å². The van der Waals surface area contributed by atoms with E-state index >= 15 is 0 Å². The van der Waals surface area contributed by atoms with E-state index in [0.29, 0.717) is 43.2 Å². The monoisotopic (exact) mass is 438 g/mol. The first kappa shape index (κ1) is 20.3. The van der Waals surface area contributed by atoms with E-state index in [1.54, 1.807) is 13.1 Å². The Morgan fingerprint density at radius 3 is 2.66 bits per heavy atom. The van der Waals surface area contributed by atoms with Crippen molar-refractivity contribution in [2.45, 2.75) is 24.5 Å². The number of nitrogens with one attached hydrogen (secondary N) is 1. The molecule has 156 valence electrons. The van der Waals surface area contributed by atoms with Gasteiger partial charge in [0.1, 0.15) is 5.56 Å². The molecule has 1 aliphatic heterocycles.